The Kier molecular flexibility index (Phi) is 2.75. The van der Waals surface area contributed by atoms with Crippen molar-refractivity contribution < 1.29 is 4.52 Å². The monoisotopic (exact) mass is 232 g/mol. The number of nitrogens with two attached hydrogens (primary N) is 1. The van der Waals surface area contributed by atoms with Crippen LogP contribution in [-0.4, -0.2) is 24.2 Å². The molecule has 90 valence electrons. The van der Waals surface area contributed by atoms with Gasteiger partial charge < -0.3 is 15.2 Å². The number of nitrogen functional groups attached to an aromatic ring is 1. The molecule has 0 spiro atoms. The zero-order valence-corrected chi connectivity index (χ0v) is 10.5. The van der Waals surface area contributed by atoms with Crippen molar-refractivity contribution in [3.8, 4) is 11.5 Å². The summed E-state index contributed by atoms with van der Waals surface area (Å²) in [6.45, 7) is 4.03. The molecule has 0 fully saturated rings. The van der Waals surface area contributed by atoms with E-state index in [1.165, 1.54) is 0 Å². The van der Waals surface area contributed by atoms with Gasteiger partial charge in [-0.15, -0.1) is 0 Å². The van der Waals surface area contributed by atoms with E-state index in [-0.39, 0.29) is 0 Å². The van der Waals surface area contributed by atoms with Gasteiger partial charge in [-0.3, -0.25) is 0 Å². The van der Waals surface area contributed by atoms with Crippen LogP contribution < -0.4 is 10.6 Å². The summed E-state index contributed by atoms with van der Waals surface area (Å²) in [4.78, 5) is 6.11. The molecule has 2 N–H and O–H groups in total. The standard InChI is InChI=1S/C12H16N4O/c1-7-5-9(13)6-10(8(7)2)11-14-12(15-17-11)16(3)4/h5-6H,13H2,1-4H3. The van der Waals surface area contributed by atoms with Gasteiger partial charge in [0.25, 0.3) is 11.8 Å². The van der Waals surface area contributed by atoms with E-state index in [1.807, 2.05) is 40.1 Å². The molecule has 0 bridgehead atoms. The normalized spacial score (nSPS) is 10.6. The molecule has 1 aromatic heterocycles. The van der Waals surface area contributed by atoms with Crippen LogP contribution in [0.2, 0.25) is 0 Å². The zero-order chi connectivity index (χ0) is 12.6. The van der Waals surface area contributed by atoms with Crippen molar-refractivity contribution in [2.45, 2.75) is 13.8 Å². The van der Waals surface area contributed by atoms with Crippen LogP contribution in [0.1, 0.15) is 11.1 Å². The summed E-state index contributed by atoms with van der Waals surface area (Å²) in [7, 11) is 3.73. The maximum Gasteiger partial charge on any atom is 0.265 e. The second-order valence-electron chi connectivity index (χ2n) is 4.30. The van der Waals surface area contributed by atoms with Crippen LogP contribution >= 0.6 is 0 Å². The smallest absolute Gasteiger partial charge is 0.265 e. The molecule has 17 heavy (non-hydrogen) atoms. The van der Waals surface area contributed by atoms with Gasteiger partial charge in [0.1, 0.15) is 0 Å². The van der Waals surface area contributed by atoms with Crippen molar-refractivity contribution in [3.05, 3.63) is 23.3 Å². The van der Waals surface area contributed by atoms with Crippen molar-refractivity contribution in [2.24, 2.45) is 0 Å². The van der Waals surface area contributed by atoms with Crippen molar-refractivity contribution in [1.29, 1.82) is 0 Å². The first-order chi connectivity index (χ1) is 7.99. The molecule has 5 heteroatoms. The molecule has 0 atom stereocenters. The predicted octanol–water partition coefficient (Wildman–Crippen LogP) is 2.00. The Morgan fingerprint density at radius 1 is 1.24 bits per heavy atom. The van der Waals surface area contributed by atoms with Crippen molar-refractivity contribution >= 4 is 11.6 Å². The van der Waals surface area contributed by atoms with Crippen molar-refractivity contribution in [2.75, 3.05) is 24.7 Å². The molecular weight excluding hydrogens is 216 g/mol. The Labute approximate surface area is 100 Å². The quantitative estimate of drug-likeness (QED) is 0.802. The van der Waals surface area contributed by atoms with Crippen LogP contribution in [0.15, 0.2) is 16.7 Å². The number of hydrogen-bond acceptors (Lipinski definition) is 5. The van der Waals surface area contributed by atoms with Gasteiger partial charge in [-0.25, -0.2) is 0 Å². The first-order valence-corrected chi connectivity index (χ1v) is 5.37. The Balaban J connectivity index is 2.52. The van der Waals surface area contributed by atoms with Crippen molar-refractivity contribution in [3.63, 3.8) is 0 Å². The van der Waals surface area contributed by atoms with Gasteiger partial charge in [-0.1, -0.05) is 0 Å². The molecule has 0 amide bonds. The van der Waals surface area contributed by atoms with Gasteiger partial charge in [-0.2, -0.15) is 4.98 Å². The van der Waals surface area contributed by atoms with E-state index >= 15 is 0 Å². The SMILES string of the molecule is Cc1cc(N)cc(-c2nc(N(C)C)no2)c1C. The summed E-state index contributed by atoms with van der Waals surface area (Å²) >= 11 is 0. The first-order valence-electron chi connectivity index (χ1n) is 5.37. The van der Waals surface area contributed by atoms with Crippen LogP contribution in [-0.2, 0) is 0 Å². The molecule has 0 radical (unpaired) electrons. The topological polar surface area (TPSA) is 68.2 Å². The molecular formula is C12H16N4O. The fraction of sp³-hybridized carbons (Fsp3) is 0.333. The Morgan fingerprint density at radius 3 is 2.53 bits per heavy atom. The highest BCUT2D eigenvalue weighted by atomic mass is 16.5. The largest absolute Gasteiger partial charge is 0.399 e. The van der Waals surface area contributed by atoms with E-state index in [9.17, 15) is 0 Å². The van der Waals surface area contributed by atoms with E-state index < -0.39 is 0 Å². The Hall–Kier alpha value is -2.04. The van der Waals surface area contributed by atoms with E-state index in [4.69, 9.17) is 10.3 Å². The van der Waals surface area contributed by atoms with Crippen LogP contribution in [0.4, 0.5) is 11.6 Å². The highest BCUT2D eigenvalue weighted by Gasteiger charge is 2.13. The highest BCUT2D eigenvalue weighted by molar-refractivity contribution is 5.66. The highest BCUT2D eigenvalue weighted by Crippen LogP contribution is 2.27. The number of nitrogens with zero attached hydrogens (tertiary/aromatic N) is 3. The lowest BCUT2D eigenvalue weighted by atomic mass is 10.0. The fourth-order valence-corrected chi connectivity index (χ4v) is 1.62. The fourth-order valence-electron chi connectivity index (χ4n) is 1.62. The molecule has 0 saturated heterocycles. The second-order valence-corrected chi connectivity index (χ2v) is 4.30. The van der Waals surface area contributed by atoms with E-state index in [1.54, 1.807) is 4.90 Å². The summed E-state index contributed by atoms with van der Waals surface area (Å²) in [6, 6.07) is 3.79. The maximum absolute atomic E-state index is 5.83. The average Bonchev–Trinajstić information content (AvgIpc) is 2.72. The molecule has 0 unspecified atom stereocenters. The van der Waals surface area contributed by atoms with Gasteiger partial charge >= 0.3 is 0 Å². The molecule has 0 saturated carbocycles. The number of rotatable bonds is 2. The number of benzene rings is 1. The summed E-state index contributed by atoms with van der Waals surface area (Å²) in [5.41, 5.74) is 9.65. The number of aromatic nitrogens is 2. The van der Waals surface area contributed by atoms with Crippen LogP contribution in [0.3, 0.4) is 0 Å². The average molecular weight is 232 g/mol. The molecule has 5 nitrogen and oxygen atoms in total. The van der Waals surface area contributed by atoms with Gasteiger partial charge in [-0.05, 0) is 42.3 Å². The summed E-state index contributed by atoms with van der Waals surface area (Å²) in [5.74, 6) is 1.06. The minimum Gasteiger partial charge on any atom is -0.399 e. The third-order valence-corrected chi connectivity index (χ3v) is 2.74. The molecule has 2 aromatic rings. The van der Waals surface area contributed by atoms with Gasteiger partial charge in [0, 0.05) is 25.3 Å². The van der Waals surface area contributed by atoms with Crippen LogP contribution in [0.25, 0.3) is 11.5 Å². The first kappa shape index (κ1) is 11.4. The lowest BCUT2D eigenvalue weighted by molar-refractivity contribution is 0.430. The lowest BCUT2D eigenvalue weighted by Gasteiger charge is -2.06. The molecule has 1 aromatic carbocycles. The molecule has 1 heterocycles. The molecule has 0 aliphatic rings. The van der Waals surface area contributed by atoms with Crippen LogP contribution in [0, 0.1) is 13.8 Å². The minimum absolute atomic E-state index is 0.501. The van der Waals surface area contributed by atoms with E-state index in [2.05, 4.69) is 10.1 Å². The van der Waals surface area contributed by atoms with E-state index in [0.717, 1.165) is 16.7 Å². The molecule has 0 aliphatic carbocycles. The minimum atomic E-state index is 0.501. The number of anilines is 2. The molecule has 2 rings (SSSR count). The van der Waals surface area contributed by atoms with Gasteiger partial charge in [0.05, 0.1) is 0 Å². The van der Waals surface area contributed by atoms with Crippen molar-refractivity contribution in [1.82, 2.24) is 10.1 Å². The zero-order valence-electron chi connectivity index (χ0n) is 10.5. The van der Waals surface area contributed by atoms with Gasteiger partial charge in [0.2, 0.25) is 0 Å². The Morgan fingerprint density at radius 2 is 1.94 bits per heavy atom. The summed E-state index contributed by atoms with van der Waals surface area (Å²) < 4.78 is 5.24. The van der Waals surface area contributed by atoms with Crippen LogP contribution in [0.5, 0.6) is 0 Å². The predicted molar refractivity (Wildman–Crippen MR) is 67.9 cm³/mol. The second kappa shape index (κ2) is 4.08. The molecule has 0 aliphatic heterocycles. The lowest BCUT2D eigenvalue weighted by Crippen LogP contribution is -2.10. The Bertz CT molecular complexity index is 545. The third kappa shape index (κ3) is 2.08. The number of hydrogen-bond donors (Lipinski definition) is 1. The van der Waals surface area contributed by atoms with E-state index in [0.29, 0.717) is 17.5 Å². The number of aryl methyl sites for hydroxylation is 1. The summed E-state index contributed by atoms with van der Waals surface area (Å²) in [6.07, 6.45) is 0. The van der Waals surface area contributed by atoms with Gasteiger partial charge in [0.15, 0.2) is 0 Å². The summed E-state index contributed by atoms with van der Waals surface area (Å²) in [5, 5.41) is 3.89. The third-order valence-electron chi connectivity index (χ3n) is 2.74. The maximum atomic E-state index is 5.83.